The van der Waals surface area contributed by atoms with Crippen LogP contribution in [-0.4, -0.2) is 38.4 Å². The predicted octanol–water partition coefficient (Wildman–Crippen LogP) is 8.76. The van der Waals surface area contributed by atoms with Crippen molar-refractivity contribution in [3.8, 4) is 22.6 Å². The molecule has 5 nitrogen and oxygen atoms in total. The summed E-state index contributed by atoms with van der Waals surface area (Å²) in [6, 6.07) is 30.9. The molecule has 4 aromatic carbocycles. The lowest BCUT2D eigenvalue weighted by molar-refractivity contribution is 0.263. The second-order valence-electron chi connectivity index (χ2n) is 10.3. The number of unbranched alkanes of at least 4 members (excludes halogenated alkanes) is 1. The quantitative estimate of drug-likeness (QED) is 0.0902. The predicted molar refractivity (Wildman–Crippen MR) is 169 cm³/mol. The zero-order valence-electron chi connectivity index (χ0n) is 24.0. The summed E-state index contributed by atoms with van der Waals surface area (Å²) in [6.07, 6.45) is 8.33. The molecule has 0 aliphatic carbocycles. The molecule has 1 unspecified atom stereocenters. The van der Waals surface area contributed by atoms with Crippen LogP contribution in [0.5, 0.6) is 11.5 Å². The summed E-state index contributed by atoms with van der Waals surface area (Å²) < 4.78 is 17.0. The maximum absolute atomic E-state index is 6.00. The minimum Gasteiger partial charge on any atom is -0.493 e. The van der Waals surface area contributed by atoms with Crippen molar-refractivity contribution >= 4 is 23.8 Å². The Balaban J connectivity index is 1.18. The maximum Gasteiger partial charge on any atom is 0.122 e. The lowest BCUT2D eigenvalue weighted by Gasteiger charge is -2.11. The standard InChI is InChI=1S/C36H38N2O3/c1-3-5-20-39-36-19-10-28(21-31(36)7-4-2)24-38-33-17-13-30(14-18-33)29-11-15-32(16-12-29)37-23-27-8-6-9-34(22-27)40-25-35-26-41-35/h6,8-19,21-24,35H,3-5,7,20,25-26H2,1-2H3. The van der Waals surface area contributed by atoms with E-state index in [9.17, 15) is 0 Å². The van der Waals surface area contributed by atoms with Crippen molar-refractivity contribution in [2.24, 2.45) is 9.98 Å². The average Bonchev–Trinajstić information content (AvgIpc) is 3.85. The average molecular weight is 547 g/mol. The van der Waals surface area contributed by atoms with Crippen LogP contribution < -0.4 is 9.47 Å². The molecule has 0 saturated carbocycles. The fourth-order valence-corrected chi connectivity index (χ4v) is 4.43. The van der Waals surface area contributed by atoms with E-state index in [4.69, 9.17) is 19.2 Å². The van der Waals surface area contributed by atoms with Crippen molar-refractivity contribution in [1.82, 2.24) is 0 Å². The van der Waals surface area contributed by atoms with Crippen LogP contribution in [0.15, 0.2) is 101 Å². The maximum atomic E-state index is 6.00. The third kappa shape index (κ3) is 8.63. The van der Waals surface area contributed by atoms with Gasteiger partial charge in [-0.25, -0.2) is 0 Å². The monoisotopic (exact) mass is 546 g/mol. The first-order valence-electron chi connectivity index (χ1n) is 14.6. The summed E-state index contributed by atoms with van der Waals surface area (Å²) in [6.45, 7) is 6.53. The molecule has 1 saturated heterocycles. The van der Waals surface area contributed by atoms with Gasteiger partial charge in [-0.05, 0) is 95.3 Å². The molecule has 1 atom stereocenters. The molecule has 0 bridgehead atoms. The Hall–Kier alpha value is -4.22. The number of benzene rings is 4. The van der Waals surface area contributed by atoms with Gasteiger partial charge in [-0.3, -0.25) is 9.98 Å². The molecule has 0 N–H and O–H groups in total. The largest absolute Gasteiger partial charge is 0.493 e. The Morgan fingerprint density at radius 1 is 0.756 bits per heavy atom. The first-order valence-corrected chi connectivity index (χ1v) is 14.6. The van der Waals surface area contributed by atoms with Gasteiger partial charge in [0.15, 0.2) is 0 Å². The van der Waals surface area contributed by atoms with Crippen LogP contribution >= 0.6 is 0 Å². The lowest BCUT2D eigenvalue weighted by Crippen LogP contribution is -2.04. The molecule has 0 spiro atoms. The van der Waals surface area contributed by atoms with Gasteiger partial charge in [0.05, 0.1) is 24.6 Å². The van der Waals surface area contributed by atoms with Crippen LogP contribution in [0.4, 0.5) is 11.4 Å². The van der Waals surface area contributed by atoms with Gasteiger partial charge in [-0.15, -0.1) is 0 Å². The molecule has 5 heteroatoms. The number of hydrogen-bond acceptors (Lipinski definition) is 5. The highest BCUT2D eigenvalue weighted by molar-refractivity contribution is 5.83. The minimum atomic E-state index is 0.243. The van der Waals surface area contributed by atoms with Crippen molar-refractivity contribution in [2.45, 2.75) is 45.6 Å². The zero-order chi connectivity index (χ0) is 28.3. The minimum absolute atomic E-state index is 0.243. The van der Waals surface area contributed by atoms with E-state index in [2.05, 4.69) is 73.4 Å². The van der Waals surface area contributed by atoms with Crippen molar-refractivity contribution in [2.75, 3.05) is 19.8 Å². The molecule has 1 fully saturated rings. The Morgan fingerprint density at radius 3 is 2.02 bits per heavy atom. The fraction of sp³-hybridized carbons (Fsp3) is 0.278. The molecule has 1 aliphatic heterocycles. The highest BCUT2D eigenvalue weighted by atomic mass is 16.6. The molecule has 1 heterocycles. The van der Waals surface area contributed by atoms with E-state index < -0.39 is 0 Å². The molecule has 0 amide bonds. The van der Waals surface area contributed by atoms with Gasteiger partial charge < -0.3 is 14.2 Å². The molecule has 0 radical (unpaired) electrons. The van der Waals surface area contributed by atoms with Crippen LogP contribution in [-0.2, 0) is 11.2 Å². The molecule has 210 valence electrons. The van der Waals surface area contributed by atoms with Gasteiger partial charge in [0.2, 0.25) is 0 Å². The number of rotatable bonds is 14. The second kappa shape index (κ2) is 14.4. The van der Waals surface area contributed by atoms with Gasteiger partial charge in [0.1, 0.15) is 24.2 Å². The van der Waals surface area contributed by atoms with Crippen molar-refractivity contribution in [3.63, 3.8) is 0 Å². The smallest absolute Gasteiger partial charge is 0.122 e. The first-order chi connectivity index (χ1) is 20.2. The molecule has 0 aromatic heterocycles. The molecule has 5 rings (SSSR count). The molecular formula is C36H38N2O3. The third-order valence-corrected chi connectivity index (χ3v) is 6.85. The number of nitrogens with zero attached hydrogens (tertiary/aromatic N) is 2. The Bertz CT molecular complexity index is 1460. The van der Waals surface area contributed by atoms with E-state index in [1.54, 1.807) is 0 Å². The third-order valence-electron chi connectivity index (χ3n) is 6.85. The van der Waals surface area contributed by atoms with Gasteiger partial charge >= 0.3 is 0 Å². The topological polar surface area (TPSA) is 55.7 Å². The van der Waals surface area contributed by atoms with Crippen molar-refractivity contribution in [1.29, 1.82) is 0 Å². The summed E-state index contributed by atoms with van der Waals surface area (Å²) in [5.74, 6) is 1.83. The number of aryl methyl sites for hydroxylation is 1. The molecule has 41 heavy (non-hydrogen) atoms. The van der Waals surface area contributed by atoms with Crippen LogP contribution in [0.3, 0.4) is 0 Å². The van der Waals surface area contributed by atoms with E-state index in [0.29, 0.717) is 6.61 Å². The van der Waals surface area contributed by atoms with Crippen LogP contribution in [0.2, 0.25) is 0 Å². The Kier molecular flexibility index (Phi) is 9.96. The van der Waals surface area contributed by atoms with Gasteiger partial charge in [-0.1, -0.05) is 63.1 Å². The van der Waals surface area contributed by atoms with Crippen molar-refractivity contribution < 1.29 is 14.2 Å². The zero-order valence-corrected chi connectivity index (χ0v) is 24.0. The molecule has 1 aliphatic rings. The number of ether oxygens (including phenoxy) is 3. The first kappa shape index (κ1) is 28.3. The number of aliphatic imine (C=N–C) groups is 2. The van der Waals surface area contributed by atoms with Crippen LogP contribution in [0.1, 0.15) is 49.8 Å². The highest BCUT2D eigenvalue weighted by Crippen LogP contribution is 2.26. The number of hydrogen-bond donors (Lipinski definition) is 0. The summed E-state index contributed by atoms with van der Waals surface area (Å²) in [4.78, 5) is 9.35. The second-order valence-corrected chi connectivity index (χ2v) is 10.3. The Labute approximate surface area is 243 Å². The Morgan fingerprint density at radius 2 is 1.41 bits per heavy atom. The molecule has 4 aromatic rings. The van der Waals surface area contributed by atoms with Gasteiger partial charge in [0, 0.05) is 12.4 Å². The van der Waals surface area contributed by atoms with E-state index in [1.807, 2.05) is 48.8 Å². The highest BCUT2D eigenvalue weighted by Gasteiger charge is 2.23. The summed E-state index contributed by atoms with van der Waals surface area (Å²) in [5.41, 5.74) is 7.43. The van der Waals surface area contributed by atoms with Crippen molar-refractivity contribution in [3.05, 3.63) is 108 Å². The van der Waals surface area contributed by atoms with Crippen LogP contribution in [0, 0.1) is 0 Å². The number of epoxide rings is 1. The van der Waals surface area contributed by atoms with E-state index in [0.717, 1.165) is 84.0 Å². The van der Waals surface area contributed by atoms with E-state index in [-0.39, 0.29) is 6.10 Å². The summed E-state index contributed by atoms with van der Waals surface area (Å²) >= 11 is 0. The van der Waals surface area contributed by atoms with E-state index in [1.165, 1.54) is 5.56 Å². The van der Waals surface area contributed by atoms with Crippen LogP contribution in [0.25, 0.3) is 11.1 Å². The summed E-state index contributed by atoms with van der Waals surface area (Å²) in [5, 5.41) is 0. The lowest BCUT2D eigenvalue weighted by atomic mass is 10.0. The normalized spacial score (nSPS) is 14.5. The summed E-state index contributed by atoms with van der Waals surface area (Å²) in [7, 11) is 0. The molecular weight excluding hydrogens is 508 g/mol. The SMILES string of the molecule is CCCCOc1ccc(C=Nc2ccc(-c3ccc(N=Cc4cccc(OCC5CO5)c4)cc3)cc2)cc1CCC. The van der Waals surface area contributed by atoms with Gasteiger partial charge in [-0.2, -0.15) is 0 Å². The van der Waals surface area contributed by atoms with Gasteiger partial charge in [0.25, 0.3) is 0 Å². The van der Waals surface area contributed by atoms with E-state index >= 15 is 0 Å². The fourth-order valence-electron chi connectivity index (χ4n) is 4.43.